The fourth-order valence-electron chi connectivity index (χ4n) is 4.34. The quantitative estimate of drug-likeness (QED) is 0.803. The Morgan fingerprint density at radius 3 is 2.61 bits per heavy atom. The number of amides is 2. The highest BCUT2D eigenvalue weighted by molar-refractivity contribution is 6.08. The maximum Gasteiger partial charge on any atom is 0.407 e. The highest BCUT2D eigenvalue weighted by atomic mass is 16.6. The summed E-state index contributed by atoms with van der Waals surface area (Å²) in [5, 5.41) is 2.98. The number of nitrogens with zero attached hydrogens (tertiary/aromatic N) is 2. The van der Waals surface area contributed by atoms with Crippen molar-refractivity contribution in [1.29, 1.82) is 0 Å². The second-order valence-corrected chi connectivity index (χ2v) is 9.41. The van der Waals surface area contributed by atoms with Gasteiger partial charge >= 0.3 is 6.09 Å². The molecular formula is C25H31N3O3. The number of hydrogen-bond acceptors (Lipinski definition) is 4. The lowest BCUT2D eigenvalue weighted by Crippen LogP contribution is -2.40. The van der Waals surface area contributed by atoms with Crippen molar-refractivity contribution in [2.24, 2.45) is 0 Å². The predicted octanol–water partition coefficient (Wildman–Crippen LogP) is 4.30. The summed E-state index contributed by atoms with van der Waals surface area (Å²) < 4.78 is 5.37. The molecule has 6 nitrogen and oxygen atoms in total. The number of carbonyl (C=O) groups is 2. The lowest BCUT2D eigenvalue weighted by Gasteiger charge is -2.23. The molecule has 1 saturated heterocycles. The minimum Gasteiger partial charge on any atom is -0.444 e. The van der Waals surface area contributed by atoms with Gasteiger partial charge < -0.3 is 19.9 Å². The number of nitrogens with one attached hydrogen (secondary N) is 1. The van der Waals surface area contributed by atoms with Gasteiger partial charge in [0.2, 0.25) is 0 Å². The van der Waals surface area contributed by atoms with Gasteiger partial charge in [0.25, 0.3) is 5.91 Å². The van der Waals surface area contributed by atoms with E-state index in [4.69, 9.17) is 4.74 Å². The Balaban J connectivity index is 1.42. The third kappa shape index (κ3) is 4.68. The van der Waals surface area contributed by atoms with E-state index in [0.717, 1.165) is 48.4 Å². The standard InChI is InChI=1S/C25H31N3O3/c1-17-7-5-6-8-21(17)23(29)28-14-11-18-15-20(9-10-22(18)28)27-13-12-19(16-27)26-24(30)31-25(2,3)4/h5-10,15,19H,11-14,16H2,1-4H3,(H,26,30). The van der Waals surface area contributed by atoms with Crippen LogP contribution in [0.2, 0.25) is 0 Å². The first-order valence-electron chi connectivity index (χ1n) is 11.0. The monoisotopic (exact) mass is 421 g/mol. The molecule has 2 aliphatic heterocycles. The Labute approximate surface area is 184 Å². The Morgan fingerprint density at radius 1 is 1.10 bits per heavy atom. The normalized spacial score (nSPS) is 18.1. The summed E-state index contributed by atoms with van der Waals surface area (Å²) in [6.07, 6.45) is 1.38. The number of ether oxygens (including phenoxy) is 1. The zero-order valence-electron chi connectivity index (χ0n) is 18.8. The Bertz CT molecular complexity index is 996. The average Bonchev–Trinajstić information content (AvgIpc) is 3.32. The van der Waals surface area contributed by atoms with Crippen LogP contribution >= 0.6 is 0 Å². The summed E-state index contributed by atoms with van der Waals surface area (Å²) in [4.78, 5) is 29.3. The van der Waals surface area contributed by atoms with Gasteiger partial charge in [-0.3, -0.25) is 4.79 Å². The van der Waals surface area contributed by atoms with Crippen LogP contribution in [0, 0.1) is 6.92 Å². The van der Waals surface area contributed by atoms with Gasteiger partial charge in [0, 0.05) is 36.6 Å². The zero-order valence-corrected chi connectivity index (χ0v) is 18.8. The van der Waals surface area contributed by atoms with Crippen LogP contribution < -0.4 is 15.1 Å². The second kappa shape index (κ2) is 8.25. The number of carbonyl (C=O) groups excluding carboxylic acids is 2. The number of aryl methyl sites for hydroxylation is 1. The molecule has 1 atom stereocenters. The topological polar surface area (TPSA) is 61.9 Å². The molecule has 164 valence electrons. The number of alkyl carbamates (subject to hydrolysis) is 1. The van der Waals surface area contributed by atoms with E-state index < -0.39 is 5.60 Å². The number of anilines is 2. The van der Waals surface area contributed by atoms with Crippen molar-refractivity contribution in [1.82, 2.24) is 5.32 Å². The average molecular weight is 422 g/mol. The Morgan fingerprint density at radius 2 is 1.87 bits per heavy atom. The van der Waals surface area contributed by atoms with Crippen molar-refractivity contribution in [2.75, 3.05) is 29.4 Å². The molecule has 0 saturated carbocycles. The summed E-state index contributed by atoms with van der Waals surface area (Å²) >= 11 is 0. The summed E-state index contributed by atoms with van der Waals surface area (Å²) in [7, 11) is 0. The van der Waals surface area contributed by atoms with Crippen LogP contribution in [-0.4, -0.2) is 43.3 Å². The number of benzene rings is 2. The molecule has 2 aromatic rings. The number of hydrogen-bond donors (Lipinski definition) is 1. The smallest absolute Gasteiger partial charge is 0.407 e. The molecule has 2 aromatic carbocycles. The van der Waals surface area contributed by atoms with Crippen LogP contribution in [-0.2, 0) is 11.2 Å². The lowest BCUT2D eigenvalue weighted by atomic mass is 10.1. The van der Waals surface area contributed by atoms with Crippen LogP contribution in [0.3, 0.4) is 0 Å². The number of fused-ring (bicyclic) bond motifs is 1. The molecule has 1 unspecified atom stereocenters. The van der Waals surface area contributed by atoms with Crippen LogP contribution in [0.4, 0.5) is 16.2 Å². The highest BCUT2D eigenvalue weighted by Gasteiger charge is 2.29. The van der Waals surface area contributed by atoms with E-state index in [9.17, 15) is 9.59 Å². The van der Waals surface area contributed by atoms with E-state index in [1.165, 1.54) is 5.56 Å². The maximum atomic E-state index is 13.1. The van der Waals surface area contributed by atoms with Crippen LogP contribution in [0.15, 0.2) is 42.5 Å². The Kier molecular flexibility index (Phi) is 5.65. The van der Waals surface area contributed by atoms with E-state index in [-0.39, 0.29) is 18.0 Å². The van der Waals surface area contributed by atoms with Crippen molar-refractivity contribution in [2.45, 2.75) is 52.2 Å². The molecule has 0 spiro atoms. The largest absolute Gasteiger partial charge is 0.444 e. The van der Waals surface area contributed by atoms with Crippen molar-refractivity contribution < 1.29 is 14.3 Å². The van der Waals surface area contributed by atoms with Gasteiger partial charge in [-0.2, -0.15) is 0 Å². The van der Waals surface area contributed by atoms with Crippen LogP contribution in [0.25, 0.3) is 0 Å². The van der Waals surface area contributed by atoms with Crippen molar-refractivity contribution in [3.05, 3.63) is 59.2 Å². The minimum atomic E-state index is -0.496. The summed E-state index contributed by atoms with van der Waals surface area (Å²) in [6.45, 7) is 9.91. The molecule has 1 fully saturated rings. The molecule has 31 heavy (non-hydrogen) atoms. The zero-order chi connectivity index (χ0) is 22.2. The van der Waals surface area contributed by atoms with E-state index >= 15 is 0 Å². The van der Waals surface area contributed by atoms with Gasteiger partial charge in [-0.25, -0.2) is 4.79 Å². The molecule has 6 heteroatoms. The third-order valence-electron chi connectivity index (χ3n) is 5.85. The second-order valence-electron chi connectivity index (χ2n) is 9.41. The fraction of sp³-hybridized carbons (Fsp3) is 0.440. The molecule has 0 radical (unpaired) electrons. The first kappa shape index (κ1) is 21.2. The van der Waals surface area contributed by atoms with Crippen molar-refractivity contribution >= 4 is 23.4 Å². The highest BCUT2D eigenvalue weighted by Crippen LogP contribution is 2.34. The van der Waals surface area contributed by atoms with Crippen LogP contribution in [0.1, 0.15) is 48.7 Å². The summed E-state index contributed by atoms with van der Waals surface area (Å²) in [5.41, 5.74) is 4.59. The van der Waals surface area contributed by atoms with Gasteiger partial charge in [0.05, 0.1) is 6.04 Å². The first-order valence-corrected chi connectivity index (χ1v) is 11.0. The van der Waals surface area contributed by atoms with E-state index in [1.807, 2.05) is 56.9 Å². The maximum absolute atomic E-state index is 13.1. The van der Waals surface area contributed by atoms with E-state index in [2.05, 4.69) is 28.4 Å². The van der Waals surface area contributed by atoms with E-state index in [1.54, 1.807) is 0 Å². The van der Waals surface area contributed by atoms with Crippen LogP contribution in [0.5, 0.6) is 0 Å². The lowest BCUT2D eigenvalue weighted by molar-refractivity contribution is 0.0509. The molecule has 1 N–H and O–H groups in total. The molecule has 4 rings (SSSR count). The number of rotatable bonds is 3. The molecule has 2 heterocycles. The Hall–Kier alpha value is -3.02. The third-order valence-corrected chi connectivity index (χ3v) is 5.85. The van der Waals surface area contributed by atoms with E-state index in [0.29, 0.717) is 6.54 Å². The van der Waals surface area contributed by atoms with Gasteiger partial charge in [-0.05, 0) is 75.9 Å². The fourth-order valence-corrected chi connectivity index (χ4v) is 4.34. The van der Waals surface area contributed by atoms with Gasteiger partial charge in [0.1, 0.15) is 5.60 Å². The summed E-state index contributed by atoms with van der Waals surface area (Å²) in [5.74, 6) is 0.0624. The molecule has 0 aromatic heterocycles. The summed E-state index contributed by atoms with van der Waals surface area (Å²) in [6, 6.07) is 14.1. The first-order chi connectivity index (χ1) is 14.7. The minimum absolute atomic E-state index is 0.0624. The SMILES string of the molecule is Cc1ccccc1C(=O)N1CCc2cc(N3CCC(NC(=O)OC(C)(C)C)C3)ccc21. The van der Waals surface area contributed by atoms with Gasteiger partial charge in [-0.1, -0.05) is 18.2 Å². The van der Waals surface area contributed by atoms with Crippen molar-refractivity contribution in [3.63, 3.8) is 0 Å². The molecule has 0 aliphatic carbocycles. The van der Waals surface area contributed by atoms with Gasteiger partial charge in [-0.15, -0.1) is 0 Å². The molecule has 2 aliphatic rings. The predicted molar refractivity (Wildman–Crippen MR) is 123 cm³/mol. The van der Waals surface area contributed by atoms with Crippen molar-refractivity contribution in [3.8, 4) is 0 Å². The molecule has 0 bridgehead atoms. The molecule has 2 amide bonds. The molecular weight excluding hydrogens is 390 g/mol. The van der Waals surface area contributed by atoms with Gasteiger partial charge in [0.15, 0.2) is 0 Å².